The van der Waals surface area contributed by atoms with Crippen LogP contribution in [0, 0.1) is 0 Å². The van der Waals surface area contributed by atoms with Gasteiger partial charge in [0.15, 0.2) is 0 Å². The summed E-state index contributed by atoms with van der Waals surface area (Å²) in [7, 11) is 1.56. The van der Waals surface area contributed by atoms with Crippen molar-refractivity contribution in [3.05, 3.63) is 29.8 Å². The van der Waals surface area contributed by atoms with Crippen molar-refractivity contribution in [1.82, 2.24) is 15.5 Å². The summed E-state index contributed by atoms with van der Waals surface area (Å²) in [5.74, 6) is -0.769. The highest BCUT2D eigenvalue weighted by molar-refractivity contribution is 5.89. The summed E-state index contributed by atoms with van der Waals surface area (Å²) < 4.78 is 5.11. The number of benzene rings is 1. The molecule has 4 atom stereocenters. The van der Waals surface area contributed by atoms with Gasteiger partial charge in [-0.1, -0.05) is 12.1 Å². The van der Waals surface area contributed by atoms with E-state index in [0.29, 0.717) is 12.2 Å². The molecule has 0 aliphatic carbocycles. The third-order valence-corrected chi connectivity index (χ3v) is 4.77. The maximum absolute atomic E-state index is 12.5. The number of likely N-dealkylation sites (tertiary alicyclic amines) is 1. The van der Waals surface area contributed by atoms with Crippen molar-refractivity contribution in [3.8, 4) is 5.75 Å². The molecule has 0 bridgehead atoms. The number of carbonyl (C=O) groups excluding carboxylic acids is 3. The Labute approximate surface area is 169 Å². The zero-order chi connectivity index (χ0) is 21.6. The zero-order valence-corrected chi connectivity index (χ0v) is 16.5. The molecule has 10 heteroatoms. The third kappa shape index (κ3) is 6.14. The molecule has 10 nitrogen and oxygen atoms in total. The second-order valence-electron chi connectivity index (χ2n) is 7.01. The van der Waals surface area contributed by atoms with Gasteiger partial charge in [-0.05, 0) is 31.0 Å². The van der Waals surface area contributed by atoms with E-state index in [2.05, 4.69) is 10.6 Å². The standard InChI is InChI=1S/C19H28N4O6/c1-11(20)19(28)22-8-16(25)21-9-17(26)23-10-15(24)18(27)14(23)7-12-3-5-13(29-2)6-4-12/h3-6,11,14-15,18,24,27H,7-10,20H2,1-2H3,(H,21,25)(H,22,28)/t11-,14+,15-,18-/m0/s1. The van der Waals surface area contributed by atoms with E-state index in [9.17, 15) is 24.6 Å². The Morgan fingerprint density at radius 2 is 1.86 bits per heavy atom. The zero-order valence-electron chi connectivity index (χ0n) is 16.5. The Hall–Kier alpha value is -2.69. The molecule has 1 saturated heterocycles. The highest BCUT2D eigenvalue weighted by atomic mass is 16.5. The summed E-state index contributed by atoms with van der Waals surface area (Å²) in [5, 5.41) is 25.1. The van der Waals surface area contributed by atoms with E-state index in [1.54, 1.807) is 19.2 Å². The van der Waals surface area contributed by atoms with E-state index in [-0.39, 0.29) is 19.6 Å². The van der Waals surface area contributed by atoms with E-state index >= 15 is 0 Å². The number of hydrogen-bond donors (Lipinski definition) is 5. The molecule has 1 aliphatic rings. The summed E-state index contributed by atoms with van der Waals surface area (Å²) in [6.45, 7) is 0.849. The van der Waals surface area contributed by atoms with Crippen LogP contribution in [0.3, 0.4) is 0 Å². The summed E-state index contributed by atoms with van der Waals surface area (Å²) in [6.07, 6.45) is -1.82. The van der Waals surface area contributed by atoms with Gasteiger partial charge < -0.3 is 36.2 Å². The molecular formula is C19H28N4O6. The number of nitrogens with zero attached hydrogens (tertiary/aromatic N) is 1. The Morgan fingerprint density at radius 3 is 2.45 bits per heavy atom. The number of rotatable bonds is 8. The van der Waals surface area contributed by atoms with Crippen LogP contribution in [0.5, 0.6) is 5.75 Å². The van der Waals surface area contributed by atoms with Crippen LogP contribution in [0.25, 0.3) is 0 Å². The SMILES string of the molecule is COc1ccc(C[C@@H]2[C@H](O)[C@@H](O)CN2C(=O)CNC(=O)CNC(=O)[C@H](C)N)cc1. The molecule has 1 aliphatic heterocycles. The topological polar surface area (TPSA) is 154 Å². The second kappa shape index (κ2) is 10.2. The van der Waals surface area contributed by atoms with E-state index < -0.39 is 42.0 Å². The lowest BCUT2D eigenvalue weighted by molar-refractivity contribution is -0.134. The number of hydrogen-bond acceptors (Lipinski definition) is 7. The van der Waals surface area contributed by atoms with Crippen LogP contribution in [0.4, 0.5) is 0 Å². The van der Waals surface area contributed by atoms with Crippen LogP contribution >= 0.6 is 0 Å². The fourth-order valence-electron chi connectivity index (χ4n) is 3.07. The number of aliphatic hydroxyl groups excluding tert-OH is 2. The molecule has 0 saturated carbocycles. The average Bonchev–Trinajstić information content (AvgIpc) is 2.99. The monoisotopic (exact) mass is 408 g/mol. The largest absolute Gasteiger partial charge is 0.497 e. The van der Waals surface area contributed by atoms with Crippen molar-refractivity contribution >= 4 is 17.7 Å². The lowest BCUT2D eigenvalue weighted by atomic mass is 10.0. The third-order valence-electron chi connectivity index (χ3n) is 4.77. The van der Waals surface area contributed by atoms with E-state index in [4.69, 9.17) is 10.5 Å². The van der Waals surface area contributed by atoms with Crippen molar-refractivity contribution in [2.24, 2.45) is 5.73 Å². The number of aliphatic hydroxyl groups is 2. The first-order chi connectivity index (χ1) is 13.7. The number of methoxy groups -OCH3 is 1. The van der Waals surface area contributed by atoms with Crippen molar-refractivity contribution < 1.29 is 29.3 Å². The van der Waals surface area contributed by atoms with E-state index in [1.165, 1.54) is 11.8 Å². The summed E-state index contributed by atoms with van der Waals surface area (Å²) in [4.78, 5) is 37.1. The summed E-state index contributed by atoms with van der Waals surface area (Å²) in [6, 6.07) is 5.83. The maximum atomic E-state index is 12.5. The van der Waals surface area contributed by atoms with Gasteiger partial charge in [0, 0.05) is 6.54 Å². The summed E-state index contributed by atoms with van der Waals surface area (Å²) in [5.41, 5.74) is 6.25. The minimum atomic E-state index is -1.10. The quantitative estimate of drug-likeness (QED) is 0.325. The van der Waals surface area contributed by atoms with Crippen LogP contribution in [0.2, 0.25) is 0 Å². The smallest absolute Gasteiger partial charge is 0.242 e. The molecule has 0 spiro atoms. The van der Waals surface area contributed by atoms with Gasteiger partial charge >= 0.3 is 0 Å². The number of ether oxygens (including phenoxy) is 1. The van der Waals surface area contributed by atoms with Gasteiger partial charge in [0.05, 0.1) is 38.4 Å². The first-order valence-electron chi connectivity index (χ1n) is 9.31. The fraction of sp³-hybridized carbons (Fsp3) is 0.526. The number of nitrogens with one attached hydrogen (secondary N) is 2. The lowest BCUT2D eigenvalue weighted by Gasteiger charge is -2.26. The maximum Gasteiger partial charge on any atom is 0.242 e. The van der Waals surface area contributed by atoms with Gasteiger partial charge in [-0.15, -0.1) is 0 Å². The van der Waals surface area contributed by atoms with Gasteiger partial charge in [0.25, 0.3) is 0 Å². The number of amides is 3. The lowest BCUT2D eigenvalue weighted by Crippen LogP contribution is -2.48. The Morgan fingerprint density at radius 1 is 1.21 bits per heavy atom. The predicted octanol–water partition coefficient (Wildman–Crippen LogP) is -2.25. The summed E-state index contributed by atoms with van der Waals surface area (Å²) >= 11 is 0. The van der Waals surface area contributed by atoms with Crippen LogP contribution in [0.1, 0.15) is 12.5 Å². The molecule has 3 amide bonds. The minimum Gasteiger partial charge on any atom is -0.497 e. The number of β-amino-alcohol motifs (C(OH)–C–C–N with tert-alkyl or cyclic N) is 1. The molecule has 29 heavy (non-hydrogen) atoms. The van der Waals surface area contributed by atoms with Crippen molar-refractivity contribution in [1.29, 1.82) is 0 Å². The molecule has 0 radical (unpaired) electrons. The van der Waals surface area contributed by atoms with Crippen LogP contribution < -0.4 is 21.1 Å². The van der Waals surface area contributed by atoms with Crippen molar-refractivity contribution in [2.75, 3.05) is 26.7 Å². The average molecular weight is 408 g/mol. The molecule has 0 aromatic heterocycles. The molecular weight excluding hydrogens is 380 g/mol. The van der Waals surface area contributed by atoms with Crippen LogP contribution in [-0.2, 0) is 20.8 Å². The molecule has 160 valence electrons. The molecule has 1 fully saturated rings. The Kier molecular flexibility index (Phi) is 7.94. The molecule has 2 rings (SSSR count). The molecule has 1 heterocycles. The second-order valence-corrected chi connectivity index (χ2v) is 7.01. The predicted molar refractivity (Wildman–Crippen MR) is 104 cm³/mol. The number of carbonyl (C=O) groups is 3. The van der Waals surface area contributed by atoms with Gasteiger partial charge in [-0.3, -0.25) is 14.4 Å². The van der Waals surface area contributed by atoms with Crippen molar-refractivity contribution in [2.45, 2.75) is 37.6 Å². The molecule has 1 aromatic rings. The fourth-order valence-corrected chi connectivity index (χ4v) is 3.07. The van der Waals surface area contributed by atoms with Gasteiger partial charge in [0.1, 0.15) is 11.9 Å². The van der Waals surface area contributed by atoms with Gasteiger partial charge in [-0.25, -0.2) is 0 Å². The number of nitrogens with two attached hydrogens (primary N) is 1. The minimum absolute atomic E-state index is 0.0296. The first-order valence-corrected chi connectivity index (χ1v) is 9.31. The van der Waals surface area contributed by atoms with Crippen molar-refractivity contribution in [3.63, 3.8) is 0 Å². The molecule has 6 N–H and O–H groups in total. The normalized spacial score (nSPS) is 22.1. The van der Waals surface area contributed by atoms with E-state index in [0.717, 1.165) is 5.56 Å². The van der Waals surface area contributed by atoms with Crippen LogP contribution in [-0.4, -0.2) is 83.9 Å². The van der Waals surface area contributed by atoms with Gasteiger partial charge in [-0.2, -0.15) is 0 Å². The Bertz CT molecular complexity index is 724. The first kappa shape index (κ1) is 22.6. The molecule has 1 aromatic carbocycles. The van der Waals surface area contributed by atoms with E-state index in [1.807, 2.05) is 12.1 Å². The highest BCUT2D eigenvalue weighted by Gasteiger charge is 2.42. The molecule has 0 unspecified atom stereocenters. The Balaban J connectivity index is 1.92. The van der Waals surface area contributed by atoms with Gasteiger partial charge in [0.2, 0.25) is 17.7 Å². The van der Waals surface area contributed by atoms with Crippen LogP contribution in [0.15, 0.2) is 24.3 Å². The highest BCUT2D eigenvalue weighted by Crippen LogP contribution is 2.23.